The molecule has 1 aromatic carbocycles. The van der Waals surface area contributed by atoms with Gasteiger partial charge in [-0.05, 0) is 76.8 Å². The van der Waals surface area contributed by atoms with Crippen molar-refractivity contribution in [2.45, 2.75) is 83.5 Å². The third-order valence-corrected chi connectivity index (χ3v) is 6.41. The lowest BCUT2D eigenvalue weighted by atomic mass is 9.87. The molecule has 0 spiro atoms. The van der Waals surface area contributed by atoms with Gasteiger partial charge in [-0.2, -0.15) is 5.10 Å². The number of amides is 1. The van der Waals surface area contributed by atoms with E-state index in [0.29, 0.717) is 23.9 Å². The topological polar surface area (TPSA) is 76.4 Å². The van der Waals surface area contributed by atoms with Crippen LogP contribution in [0, 0.1) is 5.92 Å². The van der Waals surface area contributed by atoms with Gasteiger partial charge in [-0.15, -0.1) is 0 Å². The lowest BCUT2D eigenvalue weighted by molar-refractivity contribution is -0.129. The molecule has 0 radical (unpaired) electrons. The number of hydrogen-bond acceptors (Lipinski definition) is 4. The Bertz CT molecular complexity index is 869. The zero-order valence-electron chi connectivity index (χ0n) is 17.8. The van der Waals surface area contributed by atoms with E-state index in [1.54, 1.807) is 13.8 Å². The van der Waals surface area contributed by atoms with Gasteiger partial charge in [-0.1, -0.05) is 6.92 Å². The van der Waals surface area contributed by atoms with Crippen LogP contribution in [0.1, 0.15) is 77.3 Å². The molecule has 2 N–H and O–H groups in total. The fraction of sp³-hybridized carbons (Fsp3) is 0.652. The van der Waals surface area contributed by atoms with Crippen LogP contribution in [0.4, 0.5) is 5.69 Å². The summed E-state index contributed by atoms with van der Waals surface area (Å²) >= 11 is 0. The highest BCUT2D eigenvalue weighted by Gasteiger charge is 2.27. The van der Waals surface area contributed by atoms with Gasteiger partial charge in [0.2, 0.25) is 0 Å². The lowest BCUT2D eigenvalue weighted by Gasteiger charge is -2.26. The Morgan fingerprint density at radius 3 is 2.62 bits per heavy atom. The van der Waals surface area contributed by atoms with Crippen LogP contribution in [0.3, 0.4) is 0 Å². The van der Waals surface area contributed by atoms with Crippen molar-refractivity contribution in [2.24, 2.45) is 5.92 Å². The maximum atomic E-state index is 12.7. The first-order valence-electron chi connectivity index (χ1n) is 11.0. The molecule has 29 heavy (non-hydrogen) atoms. The Hall–Kier alpha value is -1.92. The number of carbonyl (C=O) groups excluding carboxylic acids is 1. The standard InChI is InChI=1S/C23H33N3O3/c1-15-7-9-17(10-8-15)26-14-16-12-20(18(23(2,3)28)13-19(16)25-26)24-22(27)21-6-4-5-11-29-21/h12-15,17,21,28H,4-11H2,1-3H3,(H,24,27)/t15-,17-,21?. The summed E-state index contributed by atoms with van der Waals surface area (Å²) in [5.41, 5.74) is 1.08. The zero-order chi connectivity index (χ0) is 20.6. The molecular weight excluding hydrogens is 366 g/mol. The van der Waals surface area contributed by atoms with Gasteiger partial charge < -0.3 is 15.2 Å². The van der Waals surface area contributed by atoms with Gasteiger partial charge in [-0.3, -0.25) is 9.48 Å². The minimum absolute atomic E-state index is 0.136. The van der Waals surface area contributed by atoms with Gasteiger partial charge >= 0.3 is 0 Å². The van der Waals surface area contributed by atoms with Crippen molar-refractivity contribution in [3.05, 3.63) is 23.9 Å². The van der Waals surface area contributed by atoms with E-state index in [1.165, 1.54) is 12.8 Å². The quantitative estimate of drug-likeness (QED) is 0.792. The summed E-state index contributed by atoms with van der Waals surface area (Å²) in [5.74, 6) is 0.657. The fourth-order valence-electron chi connectivity index (χ4n) is 4.56. The number of nitrogens with zero attached hydrogens (tertiary/aromatic N) is 2. The molecule has 1 amide bonds. The highest BCUT2D eigenvalue weighted by Crippen LogP contribution is 2.35. The van der Waals surface area contributed by atoms with E-state index in [1.807, 2.05) is 12.1 Å². The molecule has 1 unspecified atom stereocenters. The minimum atomic E-state index is -1.09. The molecule has 1 saturated heterocycles. The summed E-state index contributed by atoms with van der Waals surface area (Å²) in [6, 6.07) is 4.28. The molecule has 1 aliphatic carbocycles. The second kappa shape index (κ2) is 8.07. The van der Waals surface area contributed by atoms with Crippen LogP contribution in [0.2, 0.25) is 0 Å². The molecule has 2 fully saturated rings. The Labute approximate surface area is 172 Å². The van der Waals surface area contributed by atoms with E-state index in [4.69, 9.17) is 9.84 Å². The fourth-order valence-corrected chi connectivity index (χ4v) is 4.56. The van der Waals surface area contributed by atoms with Crippen molar-refractivity contribution < 1.29 is 14.6 Å². The number of hydrogen-bond donors (Lipinski definition) is 2. The zero-order valence-corrected chi connectivity index (χ0v) is 17.8. The monoisotopic (exact) mass is 399 g/mol. The van der Waals surface area contributed by atoms with Gasteiger partial charge in [0.25, 0.3) is 5.91 Å². The predicted molar refractivity (Wildman–Crippen MR) is 114 cm³/mol. The summed E-state index contributed by atoms with van der Waals surface area (Å²) in [5, 5.41) is 19.5. The Morgan fingerprint density at radius 2 is 1.97 bits per heavy atom. The smallest absolute Gasteiger partial charge is 0.253 e. The van der Waals surface area contributed by atoms with Crippen molar-refractivity contribution >= 4 is 22.5 Å². The molecule has 2 aromatic rings. The second-order valence-corrected chi connectivity index (χ2v) is 9.38. The molecule has 4 rings (SSSR count). The first-order valence-corrected chi connectivity index (χ1v) is 11.0. The number of benzene rings is 1. The van der Waals surface area contributed by atoms with Gasteiger partial charge in [0.05, 0.1) is 17.2 Å². The highest BCUT2D eigenvalue weighted by molar-refractivity contribution is 5.97. The summed E-state index contributed by atoms with van der Waals surface area (Å²) in [7, 11) is 0. The molecule has 1 aliphatic heterocycles. The normalized spacial score (nSPS) is 25.9. The van der Waals surface area contributed by atoms with E-state index in [-0.39, 0.29) is 5.91 Å². The molecule has 158 valence electrons. The lowest BCUT2D eigenvalue weighted by Crippen LogP contribution is -2.34. The molecule has 2 heterocycles. The number of aromatic nitrogens is 2. The number of rotatable bonds is 4. The molecule has 1 saturated carbocycles. The molecule has 1 aromatic heterocycles. The van der Waals surface area contributed by atoms with Crippen LogP contribution in [0.15, 0.2) is 18.3 Å². The Morgan fingerprint density at radius 1 is 1.21 bits per heavy atom. The number of fused-ring (bicyclic) bond motifs is 1. The second-order valence-electron chi connectivity index (χ2n) is 9.38. The Kier molecular flexibility index (Phi) is 5.67. The minimum Gasteiger partial charge on any atom is -0.386 e. The maximum absolute atomic E-state index is 12.7. The van der Waals surface area contributed by atoms with Crippen LogP contribution in [0.25, 0.3) is 10.9 Å². The molecular formula is C23H33N3O3. The number of ether oxygens (including phenoxy) is 1. The summed E-state index contributed by atoms with van der Waals surface area (Å²) in [6.07, 6.45) is 9.18. The predicted octanol–water partition coefficient (Wildman–Crippen LogP) is 4.52. The average molecular weight is 400 g/mol. The molecule has 2 aliphatic rings. The van der Waals surface area contributed by atoms with Gasteiger partial charge in [-0.25, -0.2) is 0 Å². The van der Waals surface area contributed by atoms with Crippen molar-refractivity contribution in [3.63, 3.8) is 0 Å². The van der Waals surface area contributed by atoms with Crippen molar-refractivity contribution in [1.82, 2.24) is 9.78 Å². The summed E-state index contributed by atoms with van der Waals surface area (Å²) < 4.78 is 7.71. The van der Waals surface area contributed by atoms with Gasteiger partial charge in [0.1, 0.15) is 6.10 Å². The van der Waals surface area contributed by atoms with Crippen LogP contribution >= 0.6 is 0 Å². The van der Waals surface area contributed by atoms with Crippen molar-refractivity contribution in [2.75, 3.05) is 11.9 Å². The number of anilines is 1. The van der Waals surface area contributed by atoms with Crippen LogP contribution in [-0.2, 0) is 15.1 Å². The number of aliphatic hydroxyl groups is 1. The first kappa shape index (κ1) is 20.4. The van der Waals surface area contributed by atoms with Gasteiger partial charge in [0, 0.05) is 29.4 Å². The highest BCUT2D eigenvalue weighted by atomic mass is 16.5. The largest absolute Gasteiger partial charge is 0.386 e. The molecule has 6 nitrogen and oxygen atoms in total. The molecule has 1 atom stereocenters. The maximum Gasteiger partial charge on any atom is 0.253 e. The Balaban J connectivity index is 1.64. The van der Waals surface area contributed by atoms with Gasteiger partial charge in [0.15, 0.2) is 0 Å². The summed E-state index contributed by atoms with van der Waals surface area (Å²) in [6.45, 7) is 6.42. The summed E-state index contributed by atoms with van der Waals surface area (Å²) in [4.78, 5) is 12.7. The number of carbonyl (C=O) groups is 1. The van der Waals surface area contributed by atoms with E-state index in [9.17, 15) is 9.90 Å². The molecule has 0 bridgehead atoms. The van der Waals surface area contributed by atoms with E-state index >= 15 is 0 Å². The van der Waals surface area contributed by atoms with Crippen LogP contribution in [0.5, 0.6) is 0 Å². The molecule has 6 heteroatoms. The van der Waals surface area contributed by atoms with Crippen LogP contribution < -0.4 is 5.32 Å². The third-order valence-electron chi connectivity index (χ3n) is 6.41. The average Bonchev–Trinajstić information content (AvgIpc) is 3.11. The van der Waals surface area contributed by atoms with E-state index in [0.717, 1.165) is 48.9 Å². The van der Waals surface area contributed by atoms with E-state index in [2.05, 4.69) is 23.1 Å². The van der Waals surface area contributed by atoms with E-state index < -0.39 is 11.7 Å². The van der Waals surface area contributed by atoms with Crippen molar-refractivity contribution in [1.29, 1.82) is 0 Å². The SMILES string of the molecule is CC(C)(O)c1cc2nn([C@H]3CC[C@H](C)CC3)cc2cc1NC(=O)C1CCCCO1. The first-order chi connectivity index (χ1) is 13.8. The third kappa shape index (κ3) is 4.48. The number of nitrogens with one attached hydrogen (secondary N) is 1. The van der Waals surface area contributed by atoms with Crippen LogP contribution in [-0.4, -0.2) is 33.5 Å². The van der Waals surface area contributed by atoms with Crippen molar-refractivity contribution in [3.8, 4) is 0 Å².